The zero-order chi connectivity index (χ0) is 25.6. The number of carboxylic acid groups (broad SMARTS) is 1. The molecule has 4 heterocycles. The normalized spacial score (nSPS) is 18.9. The molecule has 2 N–H and O–H groups in total. The maximum absolute atomic E-state index is 11.9. The van der Waals surface area contributed by atoms with Gasteiger partial charge in [0.1, 0.15) is 0 Å². The largest absolute Gasteiger partial charge is 0.478 e. The van der Waals surface area contributed by atoms with E-state index in [4.69, 9.17) is 0 Å². The number of rotatable bonds is 5. The molecule has 2 fully saturated rings. The van der Waals surface area contributed by atoms with Crippen molar-refractivity contribution < 1.29 is 9.90 Å². The minimum atomic E-state index is -0.849. The van der Waals surface area contributed by atoms with E-state index in [-0.39, 0.29) is 0 Å². The molecule has 7 rings (SSSR count). The number of carboxylic acids is 1. The smallest absolute Gasteiger partial charge is 0.335 e. The summed E-state index contributed by atoms with van der Waals surface area (Å²) in [6.45, 7) is 7.44. The second-order valence-corrected chi connectivity index (χ2v) is 11.5. The number of aromatic nitrogens is 2. The van der Waals surface area contributed by atoms with E-state index in [1.54, 1.807) is 0 Å². The minimum Gasteiger partial charge on any atom is -0.478 e. The zero-order valence-corrected chi connectivity index (χ0v) is 22.2. The zero-order valence-electron chi connectivity index (χ0n) is 22.2. The molecule has 6 nitrogen and oxygen atoms in total. The third-order valence-electron chi connectivity index (χ3n) is 9.29. The fourth-order valence-corrected chi connectivity index (χ4v) is 7.45. The number of nitrogens with one attached hydrogen (secondary N) is 1. The molecule has 0 amide bonds. The molecule has 0 unspecified atom stereocenters. The molecule has 4 aromatic rings. The lowest BCUT2D eigenvalue weighted by molar-refractivity contribution is 0.0697. The SMILES string of the molecule is O=C(O)c1ccc2c(C3CCCCC3)c3n(c2c1)CCCn1cc(CCN2CCNCC2)c2cccc-3c21. The van der Waals surface area contributed by atoms with E-state index >= 15 is 0 Å². The number of benzene rings is 2. The van der Waals surface area contributed by atoms with Crippen LogP contribution in [0.5, 0.6) is 0 Å². The number of aromatic carboxylic acids is 1. The Morgan fingerprint density at radius 2 is 1.79 bits per heavy atom. The van der Waals surface area contributed by atoms with E-state index in [2.05, 4.69) is 49.8 Å². The number of fused-ring (bicyclic) bond motifs is 4. The number of hydrogen-bond acceptors (Lipinski definition) is 3. The Bertz CT molecular complexity index is 1500. The van der Waals surface area contributed by atoms with Gasteiger partial charge in [-0.2, -0.15) is 0 Å². The van der Waals surface area contributed by atoms with Gasteiger partial charge in [0.05, 0.1) is 16.8 Å². The van der Waals surface area contributed by atoms with Gasteiger partial charge >= 0.3 is 5.97 Å². The van der Waals surface area contributed by atoms with E-state index < -0.39 is 5.97 Å². The van der Waals surface area contributed by atoms with Crippen LogP contribution in [-0.2, 0) is 19.5 Å². The molecule has 0 bridgehead atoms. The van der Waals surface area contributed by atoms with E-state index in [1.165, 1.54) is 70.8 Å². The first-order chi connectivity index (χ1) is 18.7. The second-order valence-electron chi connectivity index (χ2n) is 11.5. The summed E-state index contributed by atoms with van der Waals surface area (Å²) in [6, 6.07) is 12.7. The van der Waals surface area contributed by atoms with E-state index in [1.807, 2.05) is 12.1 Å². The molecule has 0 spiro atoms. The summed E-state index contributed by atoms with van der Waals surface area (Å²) in [5, 5.41) is 15.9. The highest BCUT2D eigenvalue weighted by Gasteiger charge is 2.29. The van der Waals surface area contributed by atoms with Crippen molar-refractivity contribution >= 4 is 27.8 Å². The van der Waals surface area contributed by atoms with Gasteiger partial charge in [-0.3, -0.25) is 0 Å². The first-order valence-corrected chi connectivity index (χ1v) is 14.6. The quantitative estimate of drug-likeness (QED) is 0.353. The topological polar surface area (TPSA) is 62.4 Å². The number of piperazine rings is 1. The van der Waals surface area contributed by atoms with Gasteiger partial charge in [-0.15, -0.1) is 0 Å². The van der Waals surface area contributed by atoms with Crippen LogP contribution in [0.1, 0.15) is 65.9 Å². The fourth-order valence-electron chi connectivity index (χ4n) is 7.45. The number of carbonyl (C=O) groups is 1. The molecule has 1 saturated heterocycles. The molecular formula is C32H38N4O2. The molecule has 2 aliphatic heterocycles. The van der Waals surface area contributed by atoms with Gasteiger partial charge in [0.25, 0.3) is 0 Å². The molecule has 1 aliphatic carbocycles. The van der Waals surface area contributed by atoms with Crippen molar-refractivity contribution in [3.05, 3.63) is 59.3 Å². The molecule has 2 aromatic heterocycles. The number of aryl methyl sites for hydroxylation is 2. The van der Waals surface area contributed by atoms with Crippen molar-refractivity contribution in [2.24, 2.45) is 0 Å². The van der Waals surface area contributed by atoms with Crippen LogP contribution in [0.25, 0.3) is 33.1 Å². The Balaban J connectivity index is 1.41. The van der Waals surface area contributed by atoms with Crippen LogP contribution in [0.15, 0.2) is 42.6 Å². The lowest BCUT2D eigenvalue weighted by Gasteiger charge is -2.27. The van der Waals surface area contributed by atoms with Gasteiger partial charge in [-0.05, 0) is 54.9 Å². The molecule has 198 valence electrons. The van der Waals surface area contributed by atoms with Crippen molar-refractivity contribution in [3.8, 4) is 11.3 Å². The van der Waals surface area contributed by atoms with Crippen molar-refractivity contribution in [3.63, 3.8) is 0 Å². The Morgan fingerprint density at radius 3 is 2.61 bits per heavy atom. The van der Waals surface area contributed by atoms with Crippen LogP contribution in [0, 0.1) is 0 Å². The highest BCUT2D eigenvalue weighted by atomic mass is 16.4. The first kappa shape index (κ1) is 24.0. The van der Waals surface area contributed by atoms with Crippen molar-refractivity contribution in [2.75, 3.05) is 32.7 Å². The number of nitrogens with zero attached hydrogens (tertiary/aromatic N) is 3. The summed E-state index contributed by atoms with van der Waals surface area (Å²) >= 11 is 0. The molecule has 0 radical (unpaired) electrons. The van der Waals surface area contributed by atoms with Crippen LogP contribution in [0.2, 0.25) is 0 Å². The van der Waals surface area contributed by atoms with Crippen LogP contribution in [0.4, 0.5) is 0 Å². The van der Waals surface area contributed by atoms with Gasteiger partial charge in [-0.25, -0.2) is 4.79 Å². The molecular weight excluding hydrogens is 472 g/mol. The molecule has 3 aliphatic rings. The Morgan fingerprint density at radius 1 is 0.947 bits per heavy atom. The van der Waals surface area contributed by atoms with Gasteiger partial charge in [0, 0.05) is 73.9 Å². The minimum absolute atomic E-state index is 0.381. The number of hydrogen-bond donors (Lipinski definition) is 2. The number of para-hydroxylation sites is 1. The first-order valence-electron chi connectivity index (χ1n) is 14.6. The molecule has 2 aromatic carbocycles. The highest BCUT2D eigenvalue weighted by Crippen LogP contribution is 2.47. The van der Waals surface area contributed by atoms with Gasteiger partial charge in [0.2, 0.25) is 0 Å². The predicted octanol–water partition coefficient (Wildman–Crippen LogP) is 5.86. The van der Waals surface area contributed by atoms with E-state index in [0.29, 0.717) is 11.5 Å². The second kappa shape index (κ2) is 9.90. The van der Waals surface area contributed by atoms with Crippen LogP contribution in [-0.4, -0.2) is 57.8 Å². The van der Waals surface area contributed by atoms with Gasteiger partial charge in [0.15, 0.2) is 0 Å². The van der Waals surface area contributed by atoms with Crippen LogP contribution < -0.4 is 5.32 Å². The monoisotopic (exact) mass is 510 g/mol. The van der Waals surface area contributed by atoms with Crippen molar-refractivity contribution in [2.45, 2.75) is 64.0 Å². The maximum Gasteiger partial charge on any atom is 0.335 e. The Hall–Kier alpha value is -3.09. The van der Waals surface area contributed by atoms with Crippen molar-refractivity contribution in [1.29, 1.82) is 0 Å². The Kier molecular flexibility index (Phi) is 6.25. The highest BCUT2D eigenvalue weighted by molar-refractivity contribution is 6.03. The molecule has 1 saturated carbocycles. The molecule has 38 heavy (non-hydrogen) atoms. The van der Waals surface area contributed by atoms with Gasteiger partial charge in [-0.1, -0.05) is 43.5 Å². The summed E-state index contributed by atoms with van der Waals surface area (Å²) in [7, 11) is 0. The van der Waals surface area contributed by atoms with Crippen LogP contribution >= 0.6 is 0 Å². The maximum atomic E-state index is 11.9. The average molecular weight is 511 g/mol. The third-order valence-corrected chi connectivity index (χ3v) is 9.29. The summed E-state index contributed by atoms with van der Waals surface area (Å²) < 4.78 is 4.99. The summed E-state index contributed by atoms with van der Waals surface area (Å²) in [4.78, 5) is 14.5. The predicted molar refractivity (Wildman–Crippen MR) is 153 cm³/mol. The average Bonchev–Trinajstić information content (AvgIpc) is 3.47. The van der Waals surface area contributed by atoms with Crippen LogP contribution in [0.3, 0.4) is 0 Å². The standard InChI is InChI=1S/C32H38N4O2/c37-32(38)23-10-11-26-28(20-23)36-16-5-15-35-21-24(12-17-34-18-13-33-14-19-34)25-8-4-9-27(30(25)35)31(36)29(26)22-6-2-1-3-7-22/h4,8-11,20-22,33H,1-3,5-7,12-19H2,(H,37,38). The van der Waals surface area contributed by atoms with Gasteiger partial charge < -0.3 is 24.5 Å². The summed E-state index contributed by atoms with van der Waals surface area (Å²) in [6.07, 6.45) is 10.9. The van der Waals surface area contributed by atoms with Crippen molar-refractivity contribution in [1.82, 2.24) is 19.4 Å². The summed E-state index contributed by atoms with van der Waals surface area (Å²) in [5.41, 5.74) is 8.42. The Labute approximate surface area is 224 Å². The molecule has 6 heteroatoms. The molecule has 0 atom stereocenters. The van der Waals surface area contributed by atoms with E-state index in [9.17, 15) is 9.90 Å². The third kappa shape index (κ3) is 4.05. The lowest BCUT2D eigenvalue weighted by Crippen LogP contribution is -2.44. The fraction of sp³-hybridized carbons (Fsp3) is 0.469. The van der Waals surface area contributed by atoms with E-state index in [0.717, 1.165) is 64.2 Å². The summed E-state index contributed by atoms with van der Waals surface area (Å²) in [5.74, 6) is -0.318. The lowest BCUT2D eigenvalue weighted by atomic mass is 9.81.